The van der Waals surface area contributed by atoms with Crippen molar-refractivity contribution < 1.29 is 4.39 Å². The lowest BCUT2D eigenvalue weighted by Gasteiger charge is -2.06. The minimum absolute atomic E-state index is 0.189. The molecule has 2 nitrogen and oxygen atoms in total. The molecule has 4 heteroatoms. The number of imidazole rings is 1. The van der Waals surface area contributed by atoms with Gasteiger partial charge in [-0.3, -0.25) is 0 Å². The van der Waals surface area contributed by atoms with Crippen molar-refractivity contribution in [3.63, 3.8) is 0 Å². The van der Waals surface area contributed by atoms with Gasteiger partial charge in [0.25, 0.3) is 0 Å². The second kappa shape index (κ2) is 4.14. The van der Waals surface area contributed by atoms with Gasteiger partial charge in [0.05, 0.1) is 12.9 Å². The molecule has 0 fully saturated rings. The van der Waals surface area contributed by atoms with E-state index >= 15 is 0 Å². The Kier molecular flexibility index (Phi) is 2.86. The van der Waals surface area contributed by atoms with Crippen LogP contribution in [-0.2, 0) is 6.54 Å². The Morgan fingerprint density at radius 2 is 2.27 bits per heavy atom. The van der Waals surface area contributed by atoms with Crippen molar-refractivity contribution in [2.24, 2.45) is 0 Å². The Labute approximate surface area is 95.9 Å². The highest BCUT2D eigenvalue weighted by atomic mass is 79.9. The van der Waals surface area contributed by atoms with Gasteiger partial charge in [0.15, 0.2) is 0 Å². The van der Waals surface area contributed by atoms with E-state index < -0.39 is 0 Å². The molecule has 0 saturated carbocycles. The van der Waals surface area contributed by atoms with Gasteiger partial charge in [0.1, 0.15) is 5.82 Å². The van der Waals surface area contributed by atoms with E-state index in [0.29, 0.717) is 12.1 Å². The molecule has 0 aliphatic carbocycles. The van der Waals surface area contributed by atoms with Crippen molar-refractivity contribution in [2.75, 3.05) is 0 Å². The van der Waals surface area contributed by atoms with Crippen LogP contribution in [0.2, 0.25) is 0 Å². The van der Waals surface area contributed by atoms with Gasteiger partial charge >= 0.3 is 0 Å². The van der Waals surface area contributed by atoms with E-state index in [4.69, 9.17) is 0 Å². The van der Waals surface area contributed by atoms with Crippen LogP contribution in [0.3, 0.4) is 0 Å². The number of hydrogen-bond acceptors (Lipinski definition) is 1. The first-order valence-corrected chi connectivity index (χ1v) is 5.37. The van der Waals surface area contributed by atoms with E-state index in [1.807, 2.05) is 11.5 Å². The average molecular weight is 269 g/mol. The van der Waals surface area contributed by atoms with Crippen molar-refractivity contribution in [1.82, 2.24) is 9.55 Å². The third kappa shape index (κ3) is 2.26. The minimum atomic E-state index is -0.189. The van der Waals surface area contributed by atoms with Crippen molar-refractivity contribution >= 4 is 15.9 Å². The third-order valence-corrected chi connectivity index (χ3v) is 2.76. The topological polar surface area (TPSA) is 17.8 Å². The molecule has 0 radical (unpaired) electrons. The zero-order chi connectivity index (χ0) is 10.8. The predicted octanol–water partition coefficient (Wildman–Crippen LogP) is 3.14. The summed E-state index contributed by atoms with van der Waals surface area (Å²) >= 11 is 3.33. The molecule has 0 saturated heterocycles. The summed E-state index contributed by atoms with van der Waals surface area (Å²) in [5, 5.41) is 0. The zero-order valence-electron chi connectivity index (χ0n) is 8.24. The van der Waals surface area contributed by atoms with Gasteiger partial charge in [-0.05, 0) is 25.1 Å². The second-order valence-corrected chi connectivity index (χ2v) is 4.31. The number of rotatable bonds is 2. The number of nitrogens with zero attached hydrogens (tertiary/aromatic N) is 2. The molecule has 1 heterocycles. The summed E-state index contributed by atoms with van der Waals surface area (Å²) in [7, 11) is 0. The Hall–Kier alpha value is -1.16. The van der Waals surface area contributed by atoms with Crippen molar-refractivity contribution in [2.45, 2.75) is 13.5 Å². The maximum absolute atomic E-state index is 13.4. The number of halogens is 2. The van der Waals surface area contributed by atoms with Crippen LogP contribution in [0, 0.1) is 12.7 Å². The molecule has 0 N–H and O–H groups in total. The molecular formula is C11H10BrFN2. The van der Waals surface area contributed by atoms with E-state index in [9.17, 15) is 4.39 Å². The predicted molar refractivity (Wildman–Crippen MR) is 60.2 cm³/mol. The second-order valence-electron chi connectivity index (χ2n) is 3.40. The van der Waals surface area contributed by atoms with Crippen LogP contribution in [-0.4, -0.2) is 9.55 Å². The number of hydrogen-bond donors (Lipinski definition) is 0. The summed E-state index contributed by atoms with van der Waals surface area (Å²) in [5.41, 5.74) is 1.68. The van der Waals surface area contributed by atoms with Crippen LogP contribution < -0.4 is 0 Å². The largest absolute Gasteiger partial charge is 0.330 e. The van der Waals surface area contributed by atoms with Crippen LogP contribution in [0.1, 0.15) is 11.3 Å². The highest BCUT2D eigenvalue weighted by Gasteiger charge is 2.04. The molecule has 2 rings (SSSR count). The van der Waals surface area contributed by atoms with Crippen LogP contribution in [0.4, 0.5) is 4.39 Å². The van der Waals surface area contributed by atoms with Crippen molar-refractivity contribution in [3.05, 3.63) is 52.3 Å². The van der Waals surface area contributed by atoms with Crippen LogP contribution >= 0.6 is 15.9 Å². The Bertz CT molecular complexity index is 479. The number of aryl methyl sites for hydroxylation is 1. The van der Waals surface area contributed by atoms with Gasteiger partial charge in [-0.2, -0.15) is 0 Å². The summed E-state index contributed by atoms with van der Waals surface area (Å²) < 4.78 is 16.2. The van der Waals surface area contributed by atoms with Gasteiger partial charge in [-0.15, -0.1) is 0 Å². The highest BCUT2D eigenvalue weighted by Crippen LogP contribution is 2.17. The molecule has 0 aliphatic rings. The van der Waals surface area contributed by atoms with E-state index in [1.165, 1.54) is 6.07 Å². The summed E-state index contributed by atoms with van der Waals surface area (Å²) in [5.74, 6) is -0.189. The minimum Gasteiger partial charge on any atom is -0.330 e. The maximum atomic E-state index is 13.4. The summed E-state index contributed by atoms with van der Waals surface area (Å²) in [4.78, 5) is 4.00. The number of benzene rings is 1. The summed E-state index contributed by atoms with van der Waals surface area (Å²) in [6, 6.07) is 4.94. The van der Waals surface area contributed by atoms with E-state index in [0.717, 1.165) is 10.2 Å². The number of aromatic nitrogens is 2. The molecular weight excluding hydrogens is 259 g/mol. The first-order chi connectivity index (χ1) is 7.16. The lowest BCUT2D eigenvalue weighted by Crippen LogP contribution is -2.02. The molecule has 0 unspecified atom stereocenters. The van der Waals surface area contributed by atoms with Gasteiger partial charge in [-0.25, -0.2) is 9.37 Å². The lowest BCUT2D eigenvalue weighted by molar-refractivity contribution is 0.597. The zero-order valence-corrected chi connectivity index (χ0v) is 9.83. The Morgan fingerprint density at radius 1 is 1.47 bits per heavy atom. The Morgan fingerprint density at radius 3 is 2.93 bits per heavy atom. The standard InChI is InChI=1S/C11H10BrFN2/c1-8-5-14-7-15(8)6-9-4-10(12)2-3-11(9)13/h2-5,7H,6H2,1H3. The molecule has 1 aromatic heterocycles. The smallest absolute Gasteiger partial charge is 0.128 e. The average Bonchev–Trinajstić information content (AvgIpc) is 2.58. The molecule has 78 valence electrons. The maximum Gasteiger partial charge on any atom is 0.128 e. The van der Waals surface area contributed by atoms with Crippen LogP contribution in [0.25, 0.3) is 0 Å². The molecule has 15 heavy (non-hydrogen) atoms. The highest BCUT2D eigenvalue weighted by molar-refractivity contribution is 9.10. The molecule has 2 aromatic rings. The fourth-order valence-electron chi connectivity index (χ4n) is 1.40. The molecule has 0 bridgehead atoms. The molecule has 0 amide bonds. The van der Waals surface area contributed by atoms with Crippen molar-refractivity contribution in [3.8, 4) is 0 Å². The quantitative estimate of drug-likeness (QED) is 0.819. The van der Waals surface area contributed by atoms with E-state index in [2.05, 4.69) is 20.9 Å². The first-order valence-electron chi connectivity index (χ1n) is 4.57. The van der Waals surface area contributed by atoms with Gasteiger partial charge in [-0.1, -0.05) is 15.9 Å². The SMILES string of the molecule is Cc1cncn1Cc1cc(Br)ccc1F. The monoisotopic (exact) mass is 268 g/mol. The summed E-state index contributed by atoms with van der Waals surface area (Å²) in [6.07, 6.45) is 3.46. The Balaban J connectivity index is 2.32. The normalized spacial score (nSPS) is 10.6. The fourth-order valence-corrected chi connectivity index (χ4v) is 1.81. The molecule has 0 atom stereocenters. The summed E-state index contributed by atoms with van der Waals surface area (Å²) in [6.45, 7) is 2.46. The van der Waals surface area contributed by atoms with Crippen LogP contribution in [0.5, 0.6) is 0 Å². The third-order valence-electron chi connectivity index (χ3n) is 2.27. The van der Waals surface area contributed by atoms with Crippen molar-refractivity contribution in [1.29, 1.82) is 0 Å². The van der Waals surface area contributed by atoms with Gasteiger partial charge < -0.3 is 4.57 Å². The van der Waals surface area contributed by atoms with E-state index in [-0.39, 0.29) is 5.82 Å². The fraction of sp³-hybridized carbons (Fsp3) is 0.182. The van der Waals surface area contributed by atoms with Gasteiger partial charge in [0.2, 0.25) is 0 Å². The molecule has 1 aromatic carbocycles. The first kappa shape index (κ1) is 10.4. The van der Waals surface area contributed by atoms with E-state index in [1.54, 1.807) is 24.7 Å². The van der Waals surface area contributed by atoms with Crippen LogP contribution in [0.15, 0.2) is 35.2 Å². The van der Waals surface area contributed by atoms with Gasteiger partial charge in [0, 0.05) is 21.9 Å². The molecule has 0 aliphatic heterocycles. The molecule has 0 spiro atoms. The lowest BCUT2D eigenvalue weighted by atomic mass is 10.2.